The average molecular weight is 804 g/mol. The monoisotopic (exact) mass is 804 g/mol. The molecule has 11 heteroatoms. The second-order valence-corrected chi connectivity index (χ2v) is 20.8. The van der Waals surface area contributed by atoms with Gasteiger partial charge in [0.05, 0.1) is 23.9 Å². The van der Waals surface area contributed by atoms with Gasteiger partial charge in [-0.25, -0.2) is 9.59 Å². The Bertz CT molecular complexity index is 1630. The minimum atomic E-state index is -0.976. The van der Waals surface area contributed by atoms with Crippen LogP contribution in [0.2, 0.25) is 0 Å². The second kappa shape index (κ2) is 17.5. The number of hydrogen-bond donors (Lipinski definition) is 1. The average Bonchev–Trinajstić information content (AvgIpc) is 3.22. The van der Waals surface area contributed by atoms with E-state index in [9.17, 15) is 28.8 Å². The number of hydrogen-bond acceptors (Lipinski definition) is 7. The molecule has 0 radical (unpaired) electrons. The van der Waals surface area contributed by atoms with Crippen LogP contribution in [0.25, 0.3) is 0 Å². The van der Waals surface area contributed by atoms with Crippen LogP contribution < -0.4 is 5.32 Å². The molecule has 6 amide bonds. The molecule has 0 aromatic carbocycles. The third-order valence-electron chi connectivity index (χ3n) is 16.5. The standard InChI is InChI=1S/C47H73N5O6/c1-44(36-18-11-10-12-19-36)32-49(3)42(57)51(40(44)55)29-38(53)34-17-15-23-46(25-34)24-16-20-37(27-46)45(2)33-50(4)43(58)52(41(45)56)30-39(54)35-26-47(31-48-28-35)21-13-8-6-5-7-9-14-22-47/h20,34-36,48H,5-19,21-33H2,1-4H3. The molecular weight excluding hydrogens is 731 g/mol. The van der Waals surface area contributed by atoms with Gasteiger partial charge in [0, 0.05) is 52.1 Å². The first-order chi connectivity index (χ1) is 27.7. The van der Waals surface area contributed by atoms with Crippen LogP contribution in [0.15, 0.2) is 11.6 Å². The molecule has 7 rings (SSSR count). The van der Waals surface area contributed by atoms with Crippen molar-refractivity contribution in [3.05, 3.63) is 11.6 Å². The molecule has 0 bridgehead atoms. The van der Waals surface area contributed by atoms with E-state index in [1.807, 2.05) is 13.8 Å². The number of imide groups is 2. The number of amides is 6. The van der Waals surface area contributed by atoms with Crippen molar-refractivity contribution in [1.29, 1.82) is 0 Å². The van der Waals surface area contributed by atoms with E-state index < -0.39 is 16.9 Å². The molecule has 3 aliphatic heterocycles. The predicted molar refractivity (Wildman–Crippen MR) is 224 cm³/mol. The fraction of sp³-hybridized carbons (Fsp3) is 0.830. The molecular formula is C47H73N5O6. The summed E-state index contributed by atoms with van der Waals surface area (Å²) in [6, 6.07) is -0.787. The van der Waals surface area contributed by atoms with E-state index in [0.717, 1.165) is 89.2 Å². The summed E-state index contributed by atoms with van der Waals surface area (Å²) in [7, 11) is 3.48. The lowest BCUT2D eigenvalue weighted by Gasteiger charge is -2.50. The fourth-order valence-corrected chi connectivity index (χ4v) is 13.0. The summed E-state index contributed by atoms with van der Waals surface area (Å²) in [6.07, 6.45) is 24.9. The van der Waals surface area contributed by atoms with Gasteiger partial charge in [0.25, 0.3) is 0 Å². The molecule has 7 aliphatic rings. The zero-order valence-electron chi connectivity index (χ0n) is 36.3. The highest BCUT2D eigenvalue weighted by Gasteiger charge is 2.54. The number of carbonyl (C=O) groups excluding carboxylic acids is 6. The van der Waals surface area contributed by atoms with Crippen LogP contribution in [0.3, 0.4) is 0 Å². The maximum atomic E-state index is 14.6. The van der Waals surface area contributed by atoms with Gasteiger partial charge in [0.1, 0.15) is 0 Å². The highest BCUT2D eigenvalue weighted by atomic mass is 16.2. The first-order valence-electron chi connectivity index (χ1n) is 23.3. The van der Waals surface area contributed by atoms with E-state index in [0.29, 0.717) is 25.9 Å². The van der Waals surface area contributed by atoms with Gasteiger partial charge in [-0.05, 0) is 101 Å². The molecule has 2 spiro atoms. The molecule has 5 atom stereocenters. The Hall–Kier alpha value is -3.08. The first kappa shape index (κ1) is 43.0. The van der Waals surface area contributed by atoms with Crippen molar-refractivity contribution in [1.82, 2.24) is 24.9 Å². The van der Waals surface area contributed by atoms with Gasteiger partial charge in [0.2, 0.25) is 11.8 Å². The zero-order valence-corrected chi connectivity index (χ0v) is 36.3. The molecule has 1 N–H and O–H groups in total. The van der Waals surface area contributed by atoms with E-state index in [-0.39, 0.29) is 77.6 Å². The van der Waals surface area contributed by atoms with Crippen LogP contribution in [0.5, 0.6) is 0 Å². The second-order valence-electron chi connectivity index (χ2n) is 20.8. The largest absolute Gasteiger partial charge is 0.326 e. The highest BCUT2D eigenvalue weighted by Crippen LogP contribution is 2.54. The van der Waals surface area contributed by atoms with Crippen LogP contribution >= 0.6 is 0 Å². The zero-order chi connectivity index (χ0) is 41.3. The lowest BCUT2D eigenvalue weighted by molar-refractivity contribution is -0.150. The first-order valence-corrected chi connectivity index (χ1v) is 23.3. The molecule has 3 saturated heterocycles. The molecule has 4 aliphatic carbocycles. The van der Waals surface area contributed by atoms with Gasteiger partial charge < -0.3 is 15.1 Å². The molecule has 322 valence electrons. The molecule has 3 saturated carbocycles. The van der Waals surface area contributed by atoms with Crippen LogP contribution in [0, 0.1) is 39.4 Å². The predicted octanol–water partition coefficient (Wildman–Crippen LogP) is 7.91. The number of nitrogens with zero attached hydrogens (tertiary/aromatic N) is 4. The lowest BCUT2D eigenvalue weighted by atomic mass is 9.58. The molecule has 58 heavy (non-hydrogen) atoms. The number of carbonyl (C=O) groups is 6. The molecule has 5 unspecified atom stereocenters. The van der Waals surface area contributed by atoms with Crippen LogP contribution in [0.1, 0.15) is 155 Å². The maximum absolute atomic E-state index is 14.6. The van der Waals surface area contributed by atoms with Crippen molar-refractivity contribution < 1.29 is 28.8 Å². The van der Waals surface area contributed by atoms with Gasteiger partial charge in [0.15, 0.2) is 11.6 Å². The smallest absolute Gasteiger partial charge is 0.326 e. The van der Waals surface area contributed by atoms with E-state index >= 15 is 0 Å². The number of Topliss-reactive ketones (excluding diaryl/α,β-unsaturated/α-hetero) is 2. The van der Waals surface area contributed by atoms with Crippen molar-refractivity contribution in [2.24, 2.45) is 39.4 Å². The summed E-state index contributed by atoms with van der Waals surface area (Å²) < 4.78 is 0. The Kier molecular flexibility index (Phi) is 13.0. The number of nitrogens with one attached hydrogen (secondary N) is 1. The Labute approximate surface area is 347 Å². The number of urea groups is 2. The quantitative estimate of drug-likeness (QED) is 0.247. The number of piperidine rings is 1. The van der Waals surface area contributed by atoms with Crippen LogP contribution in [-0.2, 0) is 19.2 Å². The van der Waals surface area contributed by atoms with E-state index in [2.05, 4.69) is 11.4 Å². The highest BCUT2D eigenvalue weighted by molar-refractivity contribution is 6.05. The summed E-state index contributed by atoms with van der Waals surface area (Å²) in [4.78, 5) is 89.9. The minimum absolute atomic E-state index is 0.0262. The number of ketones is 2. The lowest BCUT2D eigenvalue weighted by Crippen LogP contribution is -2.63. The summed E-state index contributed by atoms with van der Waals surface area (Å²) in [5.41, 5.74) is -0.746. The Morgan fingerprint density at radius 2 is 1.21 bits per heavy atom. The molecule has 0 aromatic heterocycles. The normalized spacial score (nSPS) is 34.7. The molecule has 0 aromatic rings. The Balaban J connectivity index is 1.01. The molecule has 3 heterocycles. The Morgan fingerprint density at radius 1 is 0.655 bits per heavy atom. The Morgan fingerprint density at radius 3 is 1.88 bits per heavy atom. The number of allylic oxidation sites excluding steroid dienone is 1. The summed E-state index contributed by atoms with van der Waals surface area (Å²) in [5, 5.41) is 3.60. The van der Waals surface area contributed by atoms with Gasteiger partial charge in [-0.1, -0.05) is 82.3 Å². The third kappa shape index (κ3) is 8.58. The van der Waals surface area contributed by atoms with E-state index in [4.69, 9.17) is 0 Å². The van der Waals surface area contributed by atoms with Gasteiger partial charge in [-0.2, -0.15) is 0 Å². The molecule has 6 fully saturated rings. The third-order valence-corrected chi connectivity index (χ3v) is 16.5. The fourth-order valence-electron chi connectivity index (χ4n) is 13.0. The summed E-state index contributed by atoms with van der Waals surface area (Å²) >= 11 is 0. The van der Waals surface area contributed by atoms with Crippen LogP contribution in [-0.4, -0.2) is 108 Å². The maximum Gasteiger partial charge on any atom is 0.326 e. The van der Waals surface area contributed by atoms with E-state index in [1.165, 1.54) is 61.2 Å². The van der Waals surface area contributed by atoms with Crippen molar-refractivity contribution >= 4 is 35.4 Å². The van der Waals surface area contributed by atoms with Crippen LogP contribution in [0.4, 0.5) is 9.59 Å². The van der Waals surface area contributed by atoms with Gasteiger partial charge >= 0.3 is 12.1 Å². The number of rotatable bonds is 8. The van der Waals surface area contributed by atoms with Crippen molar-refractivity contribution in [3.63, 3.8) is 0 Å². The molecule has 11 nitrogen and oxygen atoms in total. The SMILES string of the molecule is CN1CC(C)(C2=CCCC3(CCCC(C(=O)CN4C(=O)N(C)CC(C)(C5CCCCC5)C4=O)C3)C2)C(=O)N(CC(=O)C2CNCC3(CCCCCCCCC3)C2)C1=O. The van der Waals surface area contributed by atoms with Gasteiger partial charge in [-0.3, -0.25) is 29.0 Å². The minimum Gasteiger partial charge on any atom is -0.326 e. The summed E-state index contributed by atoms with van der Waals surface area (Å²) in [5.74, 6) is -0.837. The van der Waals surface area contributed by atoms with Crippen molar-refractivity contribution in [3.8, 4) is 0 Å². The topological polar surface area (TPSA) is 127 Å². The van der Waals surface area contributed by atoms with Crippen molar-refractivity contribution in [2.75, 3.05) is 53.4 Å². The van der Waals surface area contributed by atoms with Crippen molar-refractivity contribution in [2.45, 2.75) is 155 Å². The van der Waals surface area contributed by atoms with E-state index in [1.54, 1.807) is 23.9 Å². The summed E-state index contributed by atoms with van der Waals surface area (Å²) in [6.45, 7) is 5.73. The van der Waals surface area contributed by atoms with Gasteiger partial charge in [-0.15, -0.1) is 0 Å².